The van der Waals surface area contributed by atoms with E-state index < -0.39 is 11.8 Å². The standard InChI is InChI=1S/C18H18FN3O4/c19-14-8-13(9-15(10-14)25-7-6-22(24)18(20)23)17-21-16(11-26-17)12-4-2-1-3-5-12/h1-5,8-10,16,24H,6-7,11H2,(H2,20,23)/t16-/m0/s1. The molecule has 3 N–H and O–H groups in total. The van der Waals surface area contributed by atoms with E-state index in [2.05, 4.69) is 4.99 Å². The highest BCUT2D eigenvalue weighted by Gasteiger charge is 2.22. The third-order valence-corrected chi connectivity index (χ3v) is 3.78. The molecule has 0 aliphatic carbocycles. The van der Waals surface area contributed by atoms with Gasteiger partial charge in [-0.05, 0) is 17.7 Å². The Morgan fingerprint density at radius 3 is 2.85 bits per heavy atom. The Kier molecular flexibility index (Phi) is 5.33. The van der Waals surface area contributed by atoms with Gasteiger partial charge in [-0.2, -0.15) is 0 Å². The highest BCUT2D eigenvalue weighted by atomic mass is 19.1. The number of halogens is 1. The van der Waals surface area contributed by atoms with Crippen molar-refractivity contribution in [3.05, 3.63) is 65.5 Å². The highest BCUT2D eigenvalue weighted by molar-refractivity contribution is 5.95. The summed E-state index contributed by atoms with van der Waals surface area (Å²) in [6.07, 6.45) is 0. The average molecular weight is 359 g/mol. The maximum Gasteiger partial charge on any atom is 0.338 e. The van der Waals surface area contributed by atoms with Crippen molar-refractivity contribution in [1.29, 1.82) is 0 Å². The number of carbonyl (C=O) groups is 1. The molecule has 1 heterocycles. The van der Waals surface area contributed by atoms with Crippen molar-refractivity contribution < 1.29 is 23.9 Å². The first-order valence-corrected chi connectivity index (χ1v) is 7.98. The molecule has 0 aromatic heterocycles. The molecule has 2 aromatic rings. The monoisotopic (exact) mass is 359 g/mol. The molecule has 2 aromatic carbocycles. The predicted molar refractivity (Wildman–Crippen MR) is 91.6 cm³/mol. The van der Waals surface area contributed by atoms with Crippen molar-refractivity contribution in [3.63, 3.8) is 0 Å². The fraction of sp³-hybridized carbons (Fsp3) is 0.222. The topological polar surface area (TPSA) is 97.4 Å². The Bertz CT molecular complexity index is 813. The van der Waals surface area contributed by atoms with Crippen LogP contribution in [0.3, 0.4) is 0 Å². The van der Waals surface area contributed by atoms with Crippen molar-refractivity contribution in [2.45, 2.75) is 6.04 Å². The molecule has 0 saturated carbocycles. The van der Waals surface area contributed by atoms with Gasteiger partial charge in [-0.25, -0.2) is 19.2 Å². The van der Waals surface area contributed by atoms with Gasteiger partial charge in [-0.15, -0.1) is 0 Å². The summed E-state index contributed by atoms with van der Waals surface area (Å²) in [6.45, 7) is 0.182. The van der Waals surface area contributed by atoms with Crippen molar-refractivity contribution in [1.82, 2.24) is 5.06 Å². The fourth-order valence-electron chi connectivity index (χ4n) is 2.51. The number of urea groups is 1. The van der Waals surface area contributed by atoms with E-state index >= 15 is 0 Å². The van der Waals surface area contributed by atoms with Crippen LogP contribution >= 0.6 is 0 Å². The summed E-state index contributed by atoms with van der Waals surface area (Å²) in [4.78, 5) is 15.2. The van der Waals surface area contributed by atoms with Gasteiger partial charge in [0.05, 0.1) is 6.54 Å². The molecule has 1 atom stereocenters. The van der Waals surface area contributed by atoms with Crippen LogP contribution in [0.1, 0.15) is 17.2 Å². The van der Waals surface area contributed by atoms with Crippen molar-refractivity contribution in [3.8, 4) is 5.75 Å². The third kappa shape index (κ3) is 4.28. The molecule has 1 aliphatic rings. The molecule has 7 nitrogen and oxygen atoms in total. The van der Waals surface area contributed by atoms with Gasteiger partial charge < -0.3 is 15.2 Å². The summed E-state index contributed by atoms with van der Waals surface area (Å²) in [7, 11) is 0. The van der Waals surface area contributed by atoms with Gasteiger partial charge >= 0.3 is 6.03 Å². The minimum atomic E-state index is -0.991. The van der Waals surface area contributed by atoms with E-state index in [9.17, 15) is 14.4 Å². The minimum Gasteiger partial charge on any atom is -0.492 e. The summed E-state index contributed by atoms with van der Waals surface area (Å²) in [5.41, 5.74) is 6.37. The molecule has 0 bridgehead atoms. The van der Waals surface area contributed by atoms with Crippen LogP contribution in [0.25, 0.3) is 0 Å². The zero-order valence-corrected chi connectivity index (χ0v) is 13.8. The molecule has 0 unspecified atom stereocenters. The lowest BCUT2D eigenvalue weighted by atomic mass is 10.1. The Labute approximate surface area is 149 Å². The molecule has 0 saturated heterocycles. The number of hydroxylamine groups is 2. The van der Waals surface area contributed by atoms with E-state index in [4.69, 9.17) is 15.2 Å². The van der Waals surface area contributed by atoms with Gasteiger partial charge in [0.2, 0.25) is 5.90 Å². The van der Waals surface area contributed by atoms with Crippen LogP contribution < -0.4 is 10.5 Å². The number of nitrogens with zero attached hydrogens (tertiary/aromatic N) is 2. The molecule has 136 valence electrons. The van der Waals surface area contributed by atoms with Crippen LogP contribution in [-0.4, -0.2) is 42.0 Å². The zero-order chi connectivity index (χ0) is 18.5. The molecule has 8 heteroatoms. The predicted octanol–water partition coefficient (Wildman–Crippen LogP) is 2.49. The number of hydrogen-bond acceptors (Lipinski definition) is 5. The molecule has 3 rings (SSSR count). The van der Waals surface area contributed by atoms with Crippen molar-refractivity contribution in [2.24, 2.45) is 10.7 Å². The van der Waals surface area contributed by atoms with Gasteiger partial charge in [-0.1, -0.05) is 30.3 Å². The quantitative estimate of drug-likeness (QED) is 0.612. The van der Waals surface area contributed by atoms with E-state index in [1.807, 2.05) is 30.3 Å². The SMILES string of the molecule is NC(=O)N(O)CCOc1cc(F)cc(C2=N[C@H](c3ccccc3)CO2)c1. The molecule has 1 aliphatic heterocycles. The van der Waals surface area contributed by atoms with Crippen molar-refractivity contribution >= 4 is 11.9 Å². The summed E-state index contributed by atoms with van der Waals surface area (Å²) >= 11 is 0. The first-order chi connectivity index (χ1) is 12.5. The minimum absolute atomic E-state index is 0.0533. The smallest absolute Gasteiger partial charge is 0.338 e. The molecular formula is C18H18FN3O4. The summed E-state index contributed by atoms with van der Waals surface area (Å²) in [5, 5.41) is 9.50. The van der Waals surface area contributed by atoms with Crippen LogP contribution in [0.2, 0.25) is 0 Å². The number of hydrogen-bond donors (Lipinski definition) is 2. The molecule has 0 radical (unpaired) electrons. The lowest BCUT2D eigenvalue weighted by Crippen LogP contribution is -2.35. The van der Waals surface area contributed by atoms with Crippen LogP contribution in [0, 0.1) is 5.82 Å². The van der Waals surface area contributed by atoms with Crippen LogP contribution in [0.5, 0.6) is 5.75 Å². The second-order valence-electron chi connectivity index (χ2n) is 5.66. The van der Waals surface area contributed by atoms with E-state index in [0.717, 1.165) is 5.56 Å². The number of nitrogens with two attached hydrogens (primary N) is 1. The first kappa shape index (κ1) is 17.7. The lowest BCUT2D eigenvalue weighted by molar-refractivity contribution is -0.0464. The number of primary amides is 1. The van der Waals surface area contributed by atoms with Gasteiger partial charge in [0.1, 0.15) is 30.8 Å². The van der Waals surface area contributed by atoms with Gasteiger partial charge in [-0.3, -0.25) is 5.21 Å². The second kappa shape index (κ2) is 7.83. The summed E-state index contributed by atoms with van der Waals surface area (Å²) in [6, 6.07) is 12.6. The number of amides is 2. The number of rotatable bonds is 6. The summed E-state index contributed by atoms with van der Waals surface area (Å²) in [5.74, 6) is 0.0548. The number of ether oxygens (including phenoxy) is 2. The van der Waals surface area contributed by atoms with Gasteiger partial charge in [0, 0.05) is 11.6 Å². The van der Waals surface area contributed by atoms with E-state index in [0.29, 0.717) is 23.1 Å². The Morgan fingerprint density at radius 1 is 1.35 bits per heavy atom. The highest BCUT2D eigenvalue weighted by Crippen LogP contribution is 2.26. The van der Waals surface area contributed by atoms with Crippen molar-refractivity contribution in [2.75, 3.05) is 19.8 Å². The van der Waals surface area contributed by atoms with Crippen LogP contribution in [0.15, 0.2) is 53.5 Å². The van der Waals surface area contributed by atoms with Crippen LogP contribution in [0.4, 0.5) is 9.18 Å². The third-order valence-electron chi connectivity index (χ3n) is 3.78. The maximum atomic E-state index is 13.9. The van der Waals surface area contributed by atoms with Gasteiger partial charge in [0.25, 0.3) is 0 Å². The summed E-state index contributed by atoms with van der Waals surface area (Å²) < 4.78 is 24.9. The van der Waals surface area contributed by atoms with E-state index in [1.54, 1.807) is 6.07 Å². The van der Waals surface area contributed by atoms with Crippen LogP contribution in [-0.2, 0) is 4.74 Å². The number of aliphatic imine (C=N–C) groups is 1. The normalized spacial score (nSPS) is 15.9. The molecule has 0 fully saturated rings. The number of benzene rings is 2. The van der Waals surface area contributed by atoms with E-state index in [1.165, 1.54) is 12.1 Å². The Hall–Kier alpha value is -3.13. The Balaban J connectivity index is 1.70. The average Bonchev–Trinajstić information content (AvgIpc) is 3.12. The lowest BCUT2D eigenvalue weighted by Gasteiger charge is -2.13. The zero-order valence-electron chi connectivity index (χ0n) is 13.8. The maximum absolute atomic E-state index is 13.9. The second-order valence-corrected chi connectivity index (χ2v) is 5.66. The number of carbonyl (C=O) groups excluding carboxylic acids is 1. The Morgan fingerprint density at radius 2 is 2.12 bits per heavy atom. The molecular weight excluding hydrogens is 341 g/mol. The largest absolute Gasteiger partial charge is 0.492 e. The molecule has 26 heavy (non-hydrogen) atoms. The fourth-order valence-corrected chi connectivity index (χ4v) is 2.51. The van der Waals surface area contributed by atoms with Gasteiger partial charge in [0.15, 0.2) is 0 Å². The molecule has 2 amide bonds. The first-order valence-electron chi connectivity index (χ1n) is 7.98. The molecule has 0 spiro atoms. The van der Waals surface area contributed by atoms with E-state index in [-0.39, 0.29) is 24.9 Å².